The van der Waals surface area contributed by atoms with Crippen molar-refractivity contribution in [3.63, 3.8) is 0 Å². The van der Waals surface area contributed by atoms with Crippen molar-refractivity contribution in [1.29, 1.82) is 0 Å². The summed E-state index contributed by atoms with van der Waals surface area (Å²) < 4.78 is 10.5. The molecule has 1 aliphatic heterocycles. The van der Waals surface area contributed by atoms with Crippen LogP contribution in [0.3, 0.4) is 0 Å². The van der Waals surface area contributed by atoms with Gasteiger partial charge in [-0.05, 0) is 6.07 Å². The molecule has 1 aromatic rings. The normalized spacial score (nSPS) is 23.8. The Balaban J connectivity index is 2.36. The maximum atomic E-state index is 11.4. The molecule has 0 aliphatic carbocycles. The highest BCUT2D eigenvalue weighted by molar-refractivity contribution is 6.24. The van der Waals surface area contributed by atoms with E-state index in [4.69, 9.17) is 26.8 Å². The number of carbonyl (C=O) groups excluding carboxylic acids is 1. The fourth-order valence-electron chi connectivity index (χ4n) is 1.65. The van der Waals surface area contributed by atoms with E-state index < -0.39 is 11.0 Å². The molecule has 0 aromatic heterocycles. The summed E-state index contributed by atoms with van der Waals surface area (Å²) in [6.07, 6.45) is -0.00836. The largest absolute Gasteiger partial charge is 0.426 e. The van der Waals surface area contributed by atoms with Gasteiger partial charge in [0.2, 0.25) is 0 Å². The Labute approximate surface area is 98.3 Å². The summed E-state index contributed by atoms with van der Waals surface area (Å²) >= 11 is 6.30. The van der Waals surface area contributed by atoms with Crippen molar-refractivity contribution in [3.05, 3.63) is 29.8 Å². The molecule has 0 bridgehead atoms. The first kappa shape index (κ1) is 11.4. The molecule has 4 nitrogen and oxygen atoms in total. The molecule has 1 aliphatic rings. The van der Waals surface area contributed by atoms with E-state index in [9.17, 15) is 4.79 Å². The van der Waals surface area contributed by atoms with Gasteiger partial charge >= 0.3 is 5.97 Å². The monoisotopic (exact) mass is 241 g/mol. The Morgan fingerprint density at radius 1 is 1.50 bits per heavy atom. The summed E-state index contributed by atoms with van der Waals surface area (Å²) in [5, 5.41) is -1.15. The van der Waals surface area contributed by atoms with Crippen molar-refractivity contribution in [2.75, 3.05) is 13.2 Å². The van der Waals surface area contributed by atoms with Gasteiger partial charge in [-0.1, -0.05) is 29.8 Å². The van der Waals surface area contributed by atoms with Crippen LogP contribution in [0, 0.1) is 0 Å². The lowest BCUT2D eigenvalue weighted by atomic mass is 10.0. The highest BCUT2D eigenvalue weighted by atomic mass is 35.5. The average Bonchev–Trinajstić information content (AvgIpc) is 2.26. The molecule has 1 aromatic carbocycles. The summed E-state index contributed by atoms with van der Waals surface area (Å²) in [6.45, 7) is 0.650. The fraction of sp³-hybridized carbons (Fsp3) is 0.364. The first-order valence-corrected chi connectivity index (χ1v) is 5.36. The van der Waals surface area contributed by atoms with Crippen LogP contribution < -0.4 is 10.5 Å². The van der Waals surface area contributed by atoms with Crippen LogP contribution in [0.15, 0.2) is 24.3 Å². The van der Waals surface area contributed by atoms with Gasteiger partial charge in [-0.15, -0.1) is 0 Å². The predicted octanol–water partition coefficient (Wildman–Crippen LogP) is 1.36. The molecule has 1 heterocycles. The SMILES string of the molecule is NCCOC1(Cl)CC(=O)Oc2ccccc21. The summed E-state index contributed by atoms with van der Waals surface area (Å²) in [6, 6.07) is 7.07. The topological polar surface area (TPSA) is 61.5 Å². The van der Waals surface area contributed by atoms with Gasteiger partial charge in [-0.2, -0.15) is 0 Å². The van der Waals surface area contributed by atoms with Gasteiger partial charge < -0.3 is 15.2 Å². The third-order valence-electron chi connectivity index (χ3n) is 2.33. The van der Waals surface area contributed by atoms with E-state index in [-0.39, 0.29) is 6.42 Å². The van der Waals surface area contributed by atoms with E-state index in [1.54, 1.807) is 18.2 Å². The van der Waals surface area contributed by atoms with Gasteiger partial charge in [0.15, 0.2) is 5.06 Å². The van der Waals surface area contributed by atoms with E-state index in [0.29, 0.717) is 24.5 Å². The molecule has 5 heteroatoms. The zero-order chi connectivity index (χ0) is 11.6. The number of halogens is 1. The van der Waals surface area contributed by atoms with Crippen LogP contribution in [-0.2, 0) is 14.6 Å². The number of hydrogen-bond donors (Lipinski definition) is 1. The fourth-order valence-corrected chi connectivity index (χ4v) is 2.00. The second-order valence-corrected chi connectivity index (χ2v) is 4.12. The quantitative estimate of drug-likeness (QED) is 0.493. The number of carbonyl (C=O) groups is 1. The van der Waals surface area contributed by atoms with Gasteiger partial charge in [-0.3, -0.25) is 4.79 Å². The van der Waals surface area contributed by atoms with E-state index in [0.717, 1.165) is 0 Å². The number of nitrogens with two attached hydrogens (primary N) is 1. The number of alkyl halides is 1. The zero-order valence-corrected chi connectivity index (χ0v) is 9.37. The van der Waals surface area contributed by atoms with Crippen molar-refractivity contribution >= 4 is 17.6 Å². The molecular weight excluding hydrogens is 230 g/mol. The standard InChI is InChI=1S/C11H12ClNO3/c12-11(15-6-5-13)7-10(14)16-9-4-2-1-3-8(9)11/h1-4H,5-7,13H2. The van der Waals surface area contributed by atoms with Gasteiger partial charge in [0.05, 0.1) is 13.0 Å². The van der Waals surface area contributed by atoms with Crippen LogP contribution in [-0.4, -0.2) is 19.1 Å². The Morgan fingerprint density at radius 3 is 3.00 bits per heavy atom. The van der Waals surface area contributed by atoms with Gasteiger partial charge in [0.25, 0.3) is 0 Å². The zero-order valence-electron chi connectivity index (χ0n) is 8.61. The predicted molar refractivity (Wildman–Crippen MR) is 59.2 cm³/mol. The highest BCUT2D eigenvalue weighted by Crippen LogP contribution is 2.43. The second kappa shape index (κ2) is 4.41. The van der Waals surface area contributed by atoms with Gasteiger partial charge in [0.1, 0.15) is 5.75 Å². The Bertz CT molecular complexity index is 410. The lowest BCUT2D eigenvalue weighted by Crippen LogP contribution is -2.35. The second-order valence-electron chi connectivity index (χ2n) is 3.51. The Kier molecular flexibility index (Phi) is 3.14. The van der Waals surface area contributed by atoms with Crippen molar-refractivity contribution in [2.24, 2.45) is 5.73 Å². The van der Waals surface area contributed by atoms with Crippen LogP contribution in [0.5, 0.6) is 5.75 Å². The summed E-state index contributed by atoms with van der Waals surface area (Å²) in [7, 11) is 0. The van der Waals surface area contributed by atoms with Crippen LogP contribution in [0.1, 0.15) is 12.0 Å². The maximum Gasteiger partial charge on any atom is 0.315 e. The van der Waals surface area contributed by atoms with Crippen LogP contribution in [0.25, 0.3) is 0 Å². The number of para-hydroxylation sites is 1. The lowest BCUT2D eigenvalue weighted by Gasteiger charge is -2.31. The molecule has 0 saturated heterocycles. The van der Waals surface area contributed by atoms with Gasteiger partial charge in [-0.25, -0.2) is 0 Å². The first-order chi connectivity index (χ1) is 7.65. The number of rotatable bonds is 3. The lowest BCUT2D eigenvalue weighted by molar-refractivity contribution is -0.141. The third kappa shape index (κ3) is 2.04. The van der Waals surface area contributed by atoms with E-state index >= 15 is 0 Å². The smallest absolute Gasteiger partial charge is 0.315 e. The number of fused-ring (bicyclic) bond motifs is 1. The molecule has 86 valence electrons. The Morgan fingerprint density at radius 2 is 2.25 bits per heavy atom. The molecule has 0 radical (unpaired) electrons. The molecule has 16 heavy (non-hydrogen) atoms. The third-order valence-corrected chi connectivity index (χ3v) is 2.78. The number of esters is 1. The molecule has 0 saturated carbocycles. The van der Waals surface area contributed by atoms with Gasteiger partial charge in [0, 0.05) is 12.1 Å². The summed E-state index contributed by atoms with van der Waals surface area (Å²) in [5.41, 5.74) is 6.03. The van der Waals surface area contributed by atoms with E-state index in [1.165, 1.54) is 0 Å². The first-order valence-electron chi connectivity index (χ1n) is 4.99. The molecular formula is C11H12ClNO3. The number of hydrogen-bond acceptors (Lipinski definition) is 4. The molecule has 0 fully saturated rings. The van der Waals surface area contributed by atoms with Crippen molar-refractivity contribution in [1.82, 2.24) is 0 Å². The van der Waals surface area contributed by atoms with Crippen molar-refractivity contribution in [2.45, 2.75) is 11.5 Å². The molecule has 1 atom stereocenters. The maximum absolute atomic E-state index is 11.4. The van der Waals surface area contributed by atoms with E-state index in [1.807, 2.05) is 6.07 Å². The minimum Gasteiger partial charge on any atom is -0.426 e. The average molecular weight is 242 g/mol. The minimum atomic E-state index is -1.15. The molecule has 2 rings (SSSR count). The van der Waals surface area contributed by atoms with Crippen LogP contribution in [0.4, 0.5) is 0 Å². The Hall–Kier alpha value is -1.10. The molecule has 1 unspecified atom stereocenters. The molecule has 2 N–H and O–H groups in total. The molecule has 0 spiro atoms. The van der Waals surface area contributed by atoms with Crippen molar-refractivity contribution in [3.8, 4) is 5.75 Å². The number of ether oxygens (including phenoxy) is 2. The summed E-state index contributed by atoms with van der Waals surface area (Å²) in [4.78, 5) is 11.4. The van der Waals surface area contributed by atoms with E-state index in [2.05, 4.69) is 0 Å². The van der Waals surface area contributed by atoms with Crippen LogP contribution in [0.2, 0.25) is 0 Å². The minimum absolute atomic E-state index is 0.00836. The highest BCUT2D eigenvalue weighted by Gasteiger charge is 2.40. The van der Waals surface area contributed by atoms with Crippen LogP contribution >= 0.6 is 11.6 Å². The summed E-state index contributed by atoms with van der Waals surface area (Å²) in [5.74, 6) is 0.0523. The van der Waals surface area contributed by atoms with Crippen molar-refractivity contribution < 1.29 is 14.3 Å². The molecule has 0 amide bonds. The number of benzene rings is 1.